The molecule has 0 aliphatic rings. The standard InChI is InChI=1S/C9H14F3N3O/c1-5(2)7(8(14)16)15-4-6(3-13)9(10,11)12/h5-7,15H,4H2,1-2H3,(H2,14,16). The van der Waals surface area contributed by atoms with E-state index in [1.54, 1.807) is 13.8 Å². The van der Waals surface area contributed by atoms with Crippen LogP contribution < -0.4 is 11.1 Å². The molecule has 2 atom stereocenters. The fourth-order valence-electron chi connectivity index (χ4n) is 1.14. The number of primary amides is 1. The Kier molecular flexibility index (Phi) is 5.24. The molecule has 0 aromatic carbocycles. The summed E-state index contributed by atoms with van der Waals surface area (Å²) in [5, 5.41) is 10.7. The molecular formula is C9H14F3N3O. The summed E-state index contributed by atoms with van der Waals surface area (Å²) in [6.07, 6.45) is -4.60. The van der Waals surface area contributed by atoms with E-state index in [-0.39, 0.29) is 5.92 Å². The van der Waals surface area contributed by atoms with Gasteiger partial charge in [0, 0.05) is 6.54 Å². The van der Waals surface area contributed by atoms with Crippen molar-refractivity contribution in [1.82, 2.24) is 5.32 Å². The topological polar surface area (TPSA) is 78.9 Å². The molecule has 0 heterocycles. The average Bonchev–Trinajstić information content (AvgIpc) is 2.08. The van der Waals surface area contributed by atoms with Crippen LogP contribution in [0.3, 0.4) is 0 Å². The van der Waals surface area contributed by atoms with Crippen molar-refractivity contribution in [1.29, 1.82) is 5.26 Å². The van der Waals surface area contributed by atoms with E-state index < -0.39 is 30.6 Å². The highest BCUT2D eigenvalue weighted by molar-refractivity contribution is 5.80. The van der Waals surface area contributed by atoms with Crippen LogP contribution in [0.1, 0.15) is 13.8 Å². The third kappa shape index (κ3) is 4.49. The summed E-state index contributed by atoms with van der Waals surface area (Å²) >= 11 is 0. The van der Waals surface area contributed by atoms with Gasteiger partial charge in [0.15, 0.2) is 5.92 Å². The third-order valence-electron chi connectivity index (χ3n) is 2.07. The molecule has 0 bridgehead atoms. The van der Waals surface area contributed by atoms with Gasteiger partial charge in [-0.15, -0.1) is 0 Å². The summed E-state index contributed by atoms with van der Waals surface area (Å²) in [6, 6.07) is 0.273. The Labute approximate surface area is 91.6 Å². The average molecular weight is 237 g/mol. The number of amides is 1. The lowest BCUT2D eigenvalue weighted by molar-refractivity contribution is -0.158. The molecule has 1 amide bonds. The molecule has 0 rings (SSSR count). The number of carbonyl (C=O) groups is 1. The van der Waals surface area contributed by atoms with Gasteiger partial charge in [-0.05, 0) is 5.92 Å². The number of nitrogens with zero attached hydrogens (tertiary/aromatic N) is 1. The second kappa shape index (κ2) is 5.70. The molecule has 0 radical (unpaired) electrons. The normalized spacial score (nSPS) is 15.6. The molecule has 0 aromatic heterocycles. The largest absolute Gasteiger partial charge is 0.405 e. The first-order valence-electron chi connectivity index (χ1n) is 4.69. The van der Waals surface area contributed by atoms with Crippen molar-refractivity contribution in [2.45, 2.75) is 26.1 Å². The fourth-order valence-corrected chi connectivity index (χ4v) is 1.14. The van der Waals surface area contributed by atoms with Gasteiger partial charge in [-0.2, -0.15) is 18.4 Å². The van der Waals surface area contributed by atoms with Gasteiger partial charge in [0.1, 0.15) is 0 Å². The second-order valence-electron chi connectivity index (χ2n) is 3.76. The second-order valence-corrected chi connectivity index (χ2v) is 3.76. The summed E-state index contributed by atoms with van der Waals surface area (Å²) in [6.45, 7) is 2.67. The third-order valence-corrected chi connectivity index (χ3v) is 2.07. The van der Waals surface area contributed by atoms with Crippen LogP contribution in [0.15, 0.2) is 0 Å². The maximum absolute atomic E-state index is 12.2. The first-order valence-corrected chi connectivity index (χ1v) is 4.69. The minimum atomic E-state index is -4.60. The Balaban J connectivity index is 4.42. The number of nitrogens with one attached hydrogen (secondary N) is 1. The van der Waals surface area contributed by atoms with Gasteiger partial charge in [-0.25, -0.2) is 0 Å². The minimum absolute atomic E-state index is 0.231. The van der Waals surface area contributed by atoms with Crippen molar-refractivity contribution < 1.29 is 18.0 Å². The number of alkyl halides is 3. The lowest BCUT2D eigenvalue weighted by atomic mass is 10.0. The molecule has 0 aliphatic heterocycles. The molecule has 0 saturated carbocycles. The number of hydrogen-bond donors (Lipinski definition) is 2. The molecule has 3 N–H and O–H groups in total. The van der Waals surface area contributed by atoms with Crippen LogP contribution in [0.2, 0.25) is 0 Å². The monoisotopic (exact) mass is 237 g/mol. The van der Waals surface area contributed by atoms with Gasteiger partial charge in [0.05, 0.1) is 12.1 Å². The van der Waals surface area contributed by atoms with Crippen LogP contribution in [-0.2, 0) is 4.79 Å². The van der Waals surface area contributed by atoms with Gasteiger partial charge >= 0.3 is 6.18 Å². The lowest BCUT2D eigenvalue weighted by Gasteiger charge is -2.21. The molecule has 4 nitrogen and oxygen atoms in total. The van der Waals surface area contributed by atoms with Crippen molar-refractivity contribution in [3.8, 4) is 6.07 Å². The highest BCUT2D eigenvalue weighted by Gasteiger charge is 2.40. The first kappa shape index (κ1) is 14.7. The lowest BCUT2D eigenvalue weighted by Crippen LogP contribution is -2.48. The van der Waals surface area contributed by atoms with E-state index in [9.17, 15) is 18.0 Å². The van der Waals surface area contributed by atoms with Crippen LogP contribution in [0.5, 0.6) is 0 Å². The molecule has 0 saturated heterocycles. The molecule has 7 heteroatoms. The quantitative estimate of drug-likeness (QED) is 0.741. The van der Waals surface area contributed by atoms with Crippen molar-refractivity contribution in [3.63, 3.8) is 0 Å². The van der Waals surface area contributed by atoms with Crippen molar-refractivity contribution >= 4 is 5.91 Å². The van der Waals surface area contributed by atoms with Crippen LogP contribution in [0.25, 0.3) is 0 Å². The summed E-state index contributed by atoms with van der Waals surface area (Å²) in [4.78, 5) is 10.9. The van der Waals surface area contributed by atoms with E-state index in [0.29, 0.717) is 0 Å². The zero-order valence-electron chi connectivity index (χ0n) is 9.01. The number of nitrogens with two attached hydrogens (primary N) is 1. The van der Waals surface area contributed by atoms with Gasteiger partial charge < -0.3 is 11.1 Å². The van der Waals surface area contributed by atoms with Gasteiger partial charge in [-0.1, -0.05) is 13.8 Å². The number of carbonyl (C=O) groups excluding carboxylic acids is 1. The maximum atomic E-state index is 12.2. The number of halogens is 3. The summed E-state index contributed by atoms with van der Waals surface area (Å²) < 4.78 is 36.6. The van der Waals surface area contributed by atoms with E-state index in [2.05, 4.69) is 5.32 Å². The highest BCUT2D eigenvalue weighted by atomic mass is 19.4. The SMILES string of the molecule is CC(C)C(NCC(C#N)C(F)(F)F)C(N)=O. The summed E-state index contributed by atoms with van der Waals surface area (Å²) in [7, 11) is 0. The van der Waals surface area contributed by atoms with E-state index in [1.165, 1.54) is 0 Å². The molecule has 16 heavy (non-hydrogen) atoms. The van der Waals surface area contributed by atoms with Gasteiger partial charge in [-0.3, -0.25) is 4.79 Å². The fraction of sp³-hybridized carbons (Fsp3) is 0.778. The van der Waals surface area contributed by atoms with Gasteiger partial charge in [0.25, 0.3) is 0 Å². The Morgan fingerprint density at radius 3 is 2.25 bits per heavy atom. The maximum Gasteiger partial charge on any atom is 0.405 e. The Morgan fingerprint density at radius 2 is 2.00 bits per heavy atom. The molecule has 92 valence electrons. The molecule has 0 aromatic rings. The van der Waals surface area contributed by atoms with Crippen molar-refractivity contribution in [2.24, 2.45) is 17.6 Å². The van der Waals surface area contributed by atoms with Crippen LogP contribution >= 0.6 is 0 Å². The molecule has 0 aliphatic carbocycles. The highest BCUT2D eigenvalue weighted by Crippen LogP contribution is 2.25. The van der Waals surface area contributed by atoms with E-state index >= 15 is 0 Å². The Hall–Kier alpha value is -1.29. The number of hydrogen-bond acceptors (Lipinski definition) is 3. The predicted molar refractivity (Wildman–Crippen MR) is 51.0 cm³/mol. The minimum Gasteiger partial charge on any atom is -0.368 e. The van der Waals surface area contributed by atoms with Crippen LogP contribution in [0.4, 0.5) is 13.2 Å². The van der Waals surface area contributed by atoms with Crippen molar-refractivity contribution in [2.75, 3.05) is 6.54 Å². The molecule has 0 fully saturated rings. The van der Waals surface area contributed by atoms with E-state index in [0.717, 1.165) is 6.07 Å². The Morgan fingerprint density at radius 1 is 1.50 bits per heavy atom. The van der Waals surface area contributed by atoms with Crippen LogP contribution in [0, 0.1) is 23.2 Å². The summed E-state index contributed by atoms with van der Waals surface area (Å²) in [5.74, 6) is -3.09. The van der Waals surface area contributed by atoms with E-state index in [4.69, 9.17) is 11.0 Å². The number of rotatable bonds is 5. The predicted octanol–water partition coefficient (Wildman–Crippen LogP) is 0.788. The summed E-state index contributed by atoms with van der Waals surface area (Å²) in [5.41, 5.74) is 5.01. The van der Waals surface area contributed by atoms with E-state index in [1.807, 2.05) is 0 Å². The van der Waals surface area contributed by atoms with Crippen molar-refractivity contribution in [3.05, 3.63) is 0 Å². The molecule has 2 unspecified atom stereocenters. The smallest absolute Gasteiger partial charge is 0.368 e. The zero-order chi connectivity index (χ0) is 12.9. The zero-order valence-corrected chi connectivity index (χ0v) is 9.01. The molecule has 0 spiro atoms. The van der Waals surface area contributed by atoms with Crippen LogP contribution in [-0.4, -0.2) is 24.7 Å². The molecular weight excluding hydrogens is 223 g/mol. The Bertz CT molecular complexity index is 283. The van der Waals surface area contributed by atoms with Gasteiger partial charge in [0.2, 0.25) is 5.91 Å². The first-order chi connectivity index (χ1) is 7.20. The number of nitriles is 1.